The number of rotatable bonds is 4. The number of aromatic nitrogens is 2. The van der Waals surface area contributed by atoms with E-state index in [2.05, 4.69) is 15.3 Å². The molecule has 4 nitrogen and oxygen atoms in total. The number of anilines is 1. The van der Waals surface area contributed by atoms with Crippen LogP contribution >= 0.6 is 23.1 Å². The van der Waals surface area contributed by atoms with Crippen molar-refractivity contribution in [2.24, 2.45) is 0 Å². The molecule has 0 aliphatic heterocycles. The molecular formula is C12H10F3N3OS2. The molecule has 2 heterocycles. The van der Waals surface area contributed by atoms with E-state index in [0.29, 0.717) is 15.9 Å². The molecule has 2 aromatic heterocycles. The smallest absolute Gasteiger partial charge is 0.302 e. The van der Waals surface area contributed by atoms with Crippen LogP contribution in [-0.4, -0.2) is 15.9 Å². The van der Waals surface area contributed by atoms with Crippen LogP contribution in [0.4, 0.5) is 18.3 Å². The zero-order valence-corrected chi connectivity index (χ0v) is 12.4. The normalized spacial score (nSPS) is 11.4. The number of alkyl halides is 3. The highest BCUT2D eigenvalue weighted by molar-refractivity contribution is 7.98. The van der Waals surface area contributed by atoms with Gasteiger partial charge in [-0.1, -0.05) is 0 Å². The summed E-state index contributed by atoms with van der Waals surface area (Å²) in [4.78, 5) is 18.8. The highest BCUT2D eigenvalue weighted by Crippen LogP contribution is 2.30. The van der Waals surface area contributed by atoms with E-state index < -0.39 is 11.7 Å². The highest BCUT2D eigenvalue weighted by Gasteiger charge is 2.30. The topological polar surface area (TPSA) is 54.9 Å². The fraction of sp³-hybridized carbons (Fsp3) is 0.250. The first-order chi connectivity index (χ1) is 9.84. The number of amides is 1. The molecule has 0 aliphatic rings. The summed E-state index contributed by atoms with van der Waals surface area (Å²) in [6, 6.07) is 2.33. The minimum atomic E-state index is -4.38. The minimum Gasteiger partial charge on any atom is -0.302 e. The third-order valence-electron chi connectivity index (χ3n) is 2.27. The predicted octanol–water partition coefficient (Wildman–Crippen LogP) is 3.81. The second kappa shape index (κ2) is 6.44. The van der Waals surface area contributed by atoms with Crippen molar-refractivity contribution in [2.75, 3.05) is 5.32 Å². The maximum atomic E-state index is 12.4. The number of nitrogens with one attached hydrogen (secondary N) is 1. The van der Waals surface area contributed by atoms with Gasteiger partial charge < -0.3 is 5.32 Å². The van der Waals surface area contributed by atoms with Gasteiger partial charge >= 0.3 is 6.18 Å². The van der Waals surface area contributed by atoms with Crippen LogP contribution in [0.1, 0.15) is 18.2 Å². The molecule has 0 saturated heterocycles. The van der Waals surface area contributed by atoms with Crippen LogP contribution in [0.5, 0.6) is 0 Å². The summed E-state index contributed by atoms with van der Waals surface area (Å²) < 4.78 is 37.2. The van der Waals surface area contributed by atoms with E-state index >= 15 is 0 Å². The first-order valence-corrected chi connectivity index (χ1v) is 7.59. The Morgan fingerprint density at radius 2 is 2.19 bits per heavy atom. The first-order valence-electron chi connectivity index (χ1n) is 5.72. The van der Waals surface area contributed by atoms with E-state index in [-0.39, 0.29) is 5.91 Å². The van der Waals surface area contributed by atoms with E-state index in [4.69, 9.17) is 0 Å². The molecule has 0 spiro atoms. The number of pyridine rings is 1. The van der Waals surface area contributed by atoms with Gasteiger partial charge in [0, 0.05) is 24.3 Å². The third-order valence-corrected chi connectivity index (χ3v) is 4.05. The molecule has 0 aromatic carbocycles. The van der Waals surface area contributed by atoms with Crippen LogP contribution in [0, 0.1) is 0 Å². The lowest BCUT2D eigenvalue weighted by atomic mass is 10.3. The summed E-state index contributed by atoms with van der Waals surface area (Å²) in [5, 5.41) is 5.33. The van der Waals surface area contributed by atoms with Crippen LogP contribution < -0.4 is 5.32 Å². The van der Waals surface area contributed by atoms with E-state index in [1.165, 1.54) is 36.1 Å². The standard InChI is InChI=1S/C12H10F3N3OS2/c1-7(19)17-11-18-9(6-21-11)5-20-10-3-2-8(4-16-10)12(13,14)15/h2-4,6H,5H2,1H3,(H,17,18,19). The van der Waals surface area contributed by atoms with Crippen LogP contribution in [0.3, 0.4) is 0 Å². The van der Waals surface area contributed by atoms with Gasteiger partial charge in [-0.05, 0) is 12.1 Å². The highest BCUT2D eigenvalue weighted by atomic mass is 32.2. The van der Waals surface area contributed by atoms with E-state index in [1.807, 2.05) is 0 Å². The molecule has 1 amide bonds. The number of nitrogens with zero attached hydrogens (tertiary/aromatic N) is 2. The van der Waals surface area contributed by atoms with Crippen LogP contribution in [0.2, 0.25) is 0 Å². The molecule has 0 bridgehead atoms. The molecule has 2 aromatic rings. The van der Waals surface area contributed by atoms with Gasteiger partial charge in [0.2, 0.25) is 5.91 Å². The van der Waals surface area contributed by atoms with Gasteiger partial charge in [-0.3, -0.25) is 4.79 Å². The number of hydrogen-bond donors (Lipinski definition) is 1. The van der Waals surface area contributed by atoms with Crippen LogP contribution in [-0.2, 0) is 16.7 Å². The third kappa shape index (κ3) is 4.71. The van der Waals surface area contributed by atoms with Gasteiger partial charge in [-0.15, -0.1) is 23.1 Å². The fourth-order valence-electron chi connectivity index (χ4n) is 1.36. The summed E-state index contributed by atoms with van der Waals surface area (Å²) >= 11 is 2.57. The van der Waals surface area contributed by atoms with Gasteiger partial charge in [0.15, 0.2) is 5.13 Å². The lowest BCUT2D eigenvalue weighted by molar-refractivity contribution is -0.137. The van der Waals surface area contributed by atoms with Crippen molar-refractivity contribution in [2.45, 2.75) is 23.9 Å². The number of thiazole rings is 1. The summed E-state index contributed by atoms with van der Waals surface area (Å²) in [7, 11) is 0. The maximum Gasteiger partial charge on any atom is 0.417 e. The molecule has 2 rings (SSSR count). The Bertz CT molecular complexity index is 625. The van der Waals surface area contributed by atoms with Crippen molar-refractivity contribution in [3.63, 3.8) is 0 Å². The van der Waals surface area contributed by atoms with Gasteiger partial charge in [0.25, 0.3) is 0 Å². The van der Waals surface area contributed by atoms with E-state index in [1.54, 1.807) is 5.38 Å². The van der Waals surface area contributed by atoms with Gasteiger partial charge in [0.1, 0.15) is 0 Å². The van der Waals surface area contributed by atoms with E-state index in [0.717, 1.165) is 18.0 Å². The molecule has 112 valence electrons. The molecule has 0 saturated carbocycles. The zero-order chi connectivity index (χ0) is 15.5. The largest absolute Gasteiger partial charge is 0.417 e. The van der Waals surface area contributed by atoms with Gasteiger partial charge in [-0.25, -0.2) is 9.97 Å². The Balaban J connectivity index is 1.94. The monoisotopic (exact) mass is 333 g/mol. The quantitative estimate of drug-likeness (QED) is 0.865. The lowest BCUT2D eigenvalue weighted by Crippen LogP contribution is -2.05. The van der Waals surface area contributed by atoms with Crippen LogP contribution in [0.25, 0.3) is 0 Å². The predicted molar refractivity (Wildman–Crippen MR) is 75.2 cm³/mol. The number of carbonyl (C=O) groups is 1. The molecule has 9 heteroatoms. The van der Waals surface area contributed by atoms with E-state index in [9.17, 15) is 18.0 Å². The summed E-state index contributed by atoms with van der Waals surface area (Å²) in [6.07, 6.45) is -3.56. The van der Waals surface area contributed by atoms with Crippen LogP contribution in [0.15, 0.2) is 28.7 Å². The average molecular weight is 333 g/mol. The number of carbonyl (C=O) groups excluding carboxylic acids is 1. The van der Waals surface area contributed by atoms with Gasteiger partial charge in [0.05, 0.1) is 16.3 Å². The molecule has 1 N–H and O–H groups in total. The molecular weight excluding hydrogens is 323 g/mol. The minimum absolute atomic E-state index is 0.201. The number of hydrogen-bond acceptors (Lipinski definition) is 5. The number of thioether (sulfide) groups is 1. The first kappa shape index (κ1) is 15.8. The molecule has 0 aliphatic carbocycles. The Labute approximate surface area is 126 Å². The summed E-state index contributed by atoms with van der Waals surface area (Å²) in [6.45, 7) is 1.39. The van der Waals surface area contributed by atoms with Crippen molar-refractivity contribution in [1.82, 2.24) is 9.97 Å². The molecule has 0 unspecified atom stereocenters. The Morgan fingerprint density at radius 3 is 2.76 bits per heavy atom. The zero-order valence-electron chi connectivity index (χ0n) is 10.8. The Morgan fingerprint density at radius 1 is 1.43 bits per heavy atom. The van der Waals surface area contributed by atoms with Crippen molar-refractivity contribution in [3.05, 3.63) is 35.0 Å². The maximum absolute atomic E-state index is 12.4. The summed E-state index contributed by atoms with van der Waals surface area (Å²) in [5.41, 5.74) is -0.0381. The lowest BCUT2D eigenvalue weighted by Gasteiger charge is -2.06. The van der Waals surface area contributed by atoms with Crippen molar-refractivity contribution >= 4 is 34.1 Å². The second-order valence-electron chi connectivity index (χ2n) is 4.00. The molecule has 0 radical (unpaired) electrons. The number of halogens is 3. The Hall–Kier alpha value is -1.61. The average Bonchev–Trinajstić information content (AvgIpc) is 2.82. The Kier molecular flexibility index (Phi) is 4.84. The second-order valence-corrected chi connectivity index (χ2v) is 5.85. The molecule has 0 atom stereocenters. The molecule has 0 fully saturated rings. The SMILES string of the molecule is CC(=O)Nc1nc(CSc2ccc(C(F)(F)F)cn2)cs1. The summed E-state index contributed by atoms with van der Waals surface area (Å²) in [5.74, 6) is 0.266. The molecule has 21 heavy (non-hydrogen) atoms. The van der Waals surface area contributed by atoms with Crippen molar-refractivity contribution < 1.29 is 18.0 Å². The fourth-order valence-corrected chi connectivity index (χ4v) is 2.96. The van der Waals surface area contributed by atoms with Gasteiger partial charge in [-0.2, -0.15) is 13.2 Å². The van der Waals surface area contributed by atoms with Crippen molar-refractivity contribution in [3.8, 4) is 0 Å². The van der Waals surface area contributed by atoms with Crippen molar-refractivity contribution in [1.29, 1.82) is 0 Å².